The number of carbonyl (C=O) groups is 1. The van der Waals surface area contributed by atoms with E-state index in [1.807, 2.05) is 36.4 Å². The number of Topliss-reactive ketones (excluding diaryl/α,β-unsaturated/α-hetero) is 1. The number of nitrogens with zero attached hydrogens (tertiary/aromatic N) is 2. The van der Waals surface area contributed by atoms with E-state index in [2.05, 4.69) is 35.6 Å². The molecule has 0 aromatic heterocycles. The van der Waals surface area contributed by atoms with Gasteiger partial charge in [-0.05, 0) is 57.4 Å². The minimum atomic E-state index is -3.89. The Morgan fingerprint density at radius 1 is 1.06 bits per heavy atom. The molecule has 1 aliphatic carbocycles. The minimum absolute atomic E-state index is 0.0250. The maximum atomic E-state index is 13.2. The number of ether oxygens (including phenoxy) is 1. The first kappa shape index (κ1) is 28.0. The van der Waals surface area contributed by atoms with Crippen LogP contribution in [-0.4, -0.2) is 52.2 Å². The zero-order valence-corrected chi connectivity index (χ0v) is 24.2. The van der Waals surface area contributed by atoms with Gasteiger partial charge in [-0.2, -0.15) is 0 Å². The molecule has 0 bridgehead atoms. The molecule has 36 heavy (non-hydrogen) atoms. The van der Waals surface area contributed by atoms with Crippen molar-refractivity contribution in [2.75, 3.05) is 20.7 Å². The van der Waals surface area contributed by atoms with Crippen molar-refractivity contribution in [3.8, 4) is 5.75 Å². The molecule has 0 aliphatic heterocycles. The number of rotatable bonds is 9. The van der Waals surface area contributed by atoms with Gasteiger partial charge in [-0.1, -0.05) is 43.9 Å². The summed E-state index contributed by atoms with van der Waals surface area (Å²) in [5, 5.41) is 11.7. The van der Waals surface area contributed by atoms with Crippen LogP contribution in [0.5, 0.6) is 5.75 Å². The highest BCUT2D eigenvalue weighted by Crippen LogP contribution is 2.42. The van der Waals surface area contributed by atoms with Crippen LogP contribution in [0.15, 0.2) is 75.3 Å². The van der Waals surface area contributed by atoms with Crippen molar-refractivity contribution in [2.45, 2.75) is 36.4 Å². The molecule has 1 aliphatic rings. The molecule has 0 radical (unpaired) electrons. The van der Waals surface area contributed by atoms with E-state index in [1.54, 1.807) is 7.11 Å². The topological polar surface area (TPSA) is 107 Å². The van der Waals surface area contributed by atoms with Crippen LogP contribution >= 0.6 is 15.9 Å². The lowest BCUT2D eigenvalue weighted by Gasteiger charge is -2.36. The third-order valence-electron chi connectivity index (χ3n) is 6.28. The van der Waals surface area contributed by atoms with Gasteiger partial charge in [-0.3, -0.25) is 14.9 Å². The number of methoxy groups -OCH3 is 1. The standard InChI is InChI=1S/C25H29BrN2O6SSi/c1-27(35(32,33)21-12-8-19(9-13-21)28(30)31)15-14-25(18-6-10-20(34-2)11-7-18)16-22(26)24(29)23(17-25)36(3,4)5/h6-13,16-17H,14-15H2,1-5H3. The van der Waals surface area contributed by atoms with E-state index in [4.69, 9.17) is 4.74 Å². The molecule has 2 aromatic rings. The van der Waals surface area contributed by atoms with Crippen molar-refractivity contribution >= 4 is 45.5 Å². The molecule has 0 amide bonds. The third-order valence-corrected chi connectivity index (χ3v) is 10.7. The Bertz CT molecular complexity index is 1330. The van der Waals surface area contributed by atoms with E-state index >= 15 is 0 Å². The summed E-state index contributed by atoms with van der Waals surface area (Å²) in [6.45, 7) is 6.46. The first-order chi connectivity index (χ1) is 16.7. The van der Waals surface area contributed by atoms with Gasteiger partial charge in [0, 0.05) is 31.1 Å². The fourth-order valence-electron chi connectivity index (χ4n) is 4.08. The van der Waals surface area contributed by atoms with Crippen LogP contribution in [0, 0.1) is 10.1 Å². The quantitative estimate of drug-likeness (QED) is 0.224. The highest BCUT2D eigenvalue weighted by molar-refractivity contribution is 9.12. The van der Waals surface area contributed by atoms with E-state index < -0.39 is 28.4 Å². The number of hydrogen-bond acceptors (Lipinski definition) is 6. The molecule has 0 saturated carbocycles. The Labute approximate surface area is 221 Å². The average molecular weight is 594 g/mol. The Kier molecular flexibility index (Phi) is 8.09. The van der Waals surface area contributed by atoms with Gasteiger partial charge in [0.05, 0.1) is 29.5 Å². The third kappa shape index (κ3) is 5.69. The lowest BCUT2D eigenvalue weighted by atomic mass is 9.74. The molecule has 0 spiro atoms. The van der Waals surface area contributed by atoms with Crippen LogP contribution in [0.1, 0.15) is 12.0 Å². The number of allylic oxidation sites excluding steroid dienone is 4. The largest absolute Gasteiger partial charge is 0.497 e. The molecule has 2 aromatic carbocycles. The molecule has 1 atom stereocenters. The van der Waals surface area contributed by atoms with Crippen molar-refractivity contribution in [1.29, 1.82) is 0 Å². The van der Waals surface area contributed by atoms with Crippen molar-refractivity contribution < 1.29 is 22.9 Å². The predicted molar refractivity (Wildman–Crippen MR) is 146 cm³/mol. The molecule has 0 N–H and O–H groups in total. The smallest absolute Gasteiger partial charge is 0.269 e. The van der Waals surface area contributed by atoms with E-state index in [9.17, 15) is 23.3 Å². The Morgan fingerprint density at radius 3 is 2.14 bits per heavy atom. The van der Waals surface area contributed by atoms with E-state index in [1.165, 1.54) is 35.6 Å². The average Bonchev–Trinajstić information content (AvgIpc) is 2.83. The Hall–Kier alpha value is -2.60. The first-order valence-corrected chi connectivity index (χ1v) is 17.0. The number of sulfonamides is 1. The van der Waals surface area contributed by atoms with Gasteiger partial charge in [0.15, 0.2) is 5.78 Å². The zero-order chi connectivity index (χ0) is 26.9. The van der Waals surface area contributed by atoms with Crippen molar-refractivity contribution in [3.63, 3.8) is 0 Å². The molecule has 1 unspecified atom stereocenters. The molecule has 3 rings (SSSR count). The number of benzene rings is 2. The van der Waals surface area contributed by atoms with E-state index in [0.29, 0.717) is 16.7 Å². The molecule has 0 saturated heterocycles. The summed E-state index contributed by atoms with van der Waals surface area (Å²) in [6, 6.07) is 12.4. The maximum absolute atomic E-state index is 13.2. The number of hydrogen-bond donors (Lipinski definition) is 0. The van der Waals surface area contributed by atoms with Gasteiger partial charge in [0.2, 0.25) is 10.0 Å². The lowest BCUT2D eigenvalue weighted by molar-refractivity contribution is -0.384. The monoisotopic (exact) mass is 592 g/mol. The molecule has 0 heterocycles. The summed E-state index contributed by atoms with van der Waals surface area (Å²) >= 11 is 3.47. The molecule has 8 nitrogen and oxygen atoms in total. The fraction of sp³-hybridized carbons (Fsp3) is 0.320. The second-order valence-electron chi connectivity index (χ2n) is 9.73. The highest BCUT2D eigenvalue weighted by Gasteiger charge is 2.39. The molecule has 192 valence electrons. The number of carbonyl (C=O) groups excluding carboxylic acids is 1. The summed E-state index contributed by atoms with van der Waals surface area (Å²) in [7, 11) is -2.85. The second kappa shape index (κ2) is 10.4. The van der Waals surface area contributed by atoms with Gasteiger partial charge in [0.25, 0.3) is 5.69 Å². The van der Waals surface area contributed by atoms with Crippen LogP contribution in [0.25, 0.3) is 0 Å². The predicted octanol–water partition coefficient (Wildman–Crippen LogP) is 5.22. The minimum Gasteiger partial charge on any atom is -0.497 e. The van der Waals surface area contributed by atoms with Crippen molar-refractivity contribution in [2.24, 2.45) is 0 Å². The first-order valence-electron chi connectivity index (χ1n) is 11.2. The zero-order valence-electron chi connectivity index (χ0n) is 20.8. The van der Waals surface area contributed by atoms with Crippen LogP contribution in [0.3, 0.4) is 0 Å². The maximum Gasteiger partial charge on any atom is 0.269 e. The molecular weight excluding hydrogens is 564 g/mol. The van der Waals surface area contributed by atoms with Crippen LogP contribution in [0.4, 0.5) is 5.69 Å². The van der Waals surface area contributed by atoms with Crippen LogP contribution in [0.2, 0.25) is 19.6 Å². The normalized spacial score (nSPS) is 18.6. The van der Waals surface area contributed by atoms with Gasteiger partial charge in [-0.15, -0.1) is 0 Å². The summed E-state index contributed by atoms with van der Waals surface area (Å²) in [6.07, 6.45) is 4.23. The summed E-state index contributed by atoms with van der Waals surface area (Å²) in [5.74, 6) is 0.654. The van der Waals surface area contributed by atoms with Gasteiger partial charge in [0.1, 0.15) is 5.75 Å². The summed E-state index contributed by atoms with van der Waals surface area (Å²) < 4.78 is 33.4. The number of nitro benzene ring substituents is 1. The highest BCUT2D eigenvalue weighted by atomic mass is 79.9. The molecule has 0 fully saturated rings. The summed E-state index contributed by atoms with van der Waals surface area (Å²) in [4.78, 5) is 23.4. The molecule has 11 heteroatoms. The Morgan fingerprint density at radius 2 is 1.64 bits per heavy atom. The fourth-order valence-corrected chi connectivity index (χ4v) is 7.56. The second-order valence-corrected chi connectivity index (χ2v) is 17.7. The van der Waals surface area contributed by atoms with Crippen molar-refractivity contribution in [1.82, 2.24) is 4.31 Å². The lowest BCUT2D eigenvalue weighted by Crippen LogP contribution is -2.39. The number of ketones is 1. The summed E-state index contributed by atoms with van der Waals surface area (Å²) in [5.41, 5.74) is -0.000912. The van der Waals surface area contributed by atoms with Crippen molar-refractivity contribution in [3.05, 3.63) is 86.0 Å². The Balaban J connectivity index is 2.01. The number of halogens is 1. The van der Waals surface area contributed by atoms with Crippen LogP contribution < -0.4 is 4.74 Å². The number of nitro groups is 1. The van der Waals surface area contributed by atoms with Gasteiger partial charge < -0.3 is 4.74 Å². The van der Waals surface area contributed by atoms with Gasteiger partial charge in [-0.25, -0.2) is 12.7 Å². The van der Waals surface area contributed by atoms with E-state index in [-0.39, 0.29) is 22.9 Å². The SMILES string of the molecule is COc1ccc(C2(CCN(C)S(=O)(=O)c3ccc([N+](=O)[O-])cc3)C=C(Br)C(=O)C([Si](C)(C)C)=C2)cc1. The molecular formula is C25H29BrN2O6SSi. The van der Waals surface area contributed by atoms with Crippen LogP contribution in [-0.2, 0) is 20.2 Å². The van der Waals surface area contributed by atoms with Gasteiger partial charge >= 0.3 is 0 Å². The van der Waals surface area contributed by atoms with E-state index in [0.717, 1.165) is 10.8 Å². The number of non-ortho nitro benzene ring substituents is 1.